The van der Waals surface area contributed by atoms with Gasteiger partial charge in [0, 0.05) is 11.9 Å². The lowest BCUT2D eigenvalue weighted by atomic mass is 9.86. The summed E-state index contributed by atoms with van der Waals surface area (Å²) in [4.78, 5) is 9.22. The molecule has 0 aromatic heterocycles. The minimum absolute atomic E-state index is 0.333. The van der Waals surface area contributed by atoms with Gasteiger partial charge in [0.15, 0.2) is 0 Å². The second-order valence-corrected chi connectivity index (χ2v) is 5.27. The summed E-state index contributed by atoms with van der Waals surface area (Å²) >= 11 is 6.02. The fourth-order valence-electron chi connectivity index (χ4n) is 2.41. The molecular formula is C15H23ClN2O. The third-order valence-corrected chi connectivity index (χ3v) is 3.50. The Kier molecular flexibility index (Phi) is 6.89. The zero-order valence-corrected chi connectivity index (χ0v) is 12.5. The van der Waals surface area contributed by atoms with Crippen molar-refractivity contribution in [1.29, 1.82) is 0 Å². The summed E-state index contributed by atoms with van der Waals surface area (Å²) in [5, 5.41) is 4.27. The highest BCUT2D eigenvalue weighted by Gasteiger charge is 2.17. The van der Waals surface area contributed by atoms with E-state index < -0.39 is 0 Å². The molecule has 2 rings (SSSR count). The number of halogens is 1. The van der Waals surface area contributed by atoms with Crippen LogP contribution >= 0.6 is 11.6 Å². The molecular weight excluding hydrogens is 260 g/mol. The smallest absolute Gasteiger partial charge is 0.214 e. The third kappa shape index (κ3) is 5.62. The normalized spacial score (nSPS) is 15.5. The first-order valence-corrected chi connectivity index (χ1v) is 7.17. The third-order valence-electron chi connectivity index (χ3n) is 3.26. The van der Waals surface area contributed by atoms with E-state index in [1.54, 1.807) is 0 Å². The maximum Gasteiger partial charge on any atom is 0.214 e. The number of carbonyl (C=O) groups is 1. The summed E-state index contributed by atoms with van der Waals surface area (Å²) < 4.78 is 0. The molecule has 1 fully saturated rings. The number of nitrogens with two attached hydrogens (primary N) is 1. The van der Waals surface area contributed by atoms with Gasteiger partial charge in [0.05, 0.1) is 0 Å². The predicted molar refractivity (Wildman–Crippen MR) is 80.5 cm³/mol. The average Bonchev–Trinajstić information content (AvgIpc) is 2.39. The maximum absolute atomic E-state index is 9.22. The summed E-state index contributed by atoms with van der Waals surface area (Å²) in [6.45, 7) is 5.81. The molecule has 1 aromatic carbocycles. The van der Waals surface area contributed by atoms with E-state index in [0.29, 0.717) is 0 Å². The van der Waals surface area contributed by atoms with Gasteiger partial charge >= 0.3 is 0 Å². The highest BCUT2D eigenvalue weighted by molar-refractivity contribution is 6.30. The van der Waals surface area contributed by atoms with E-state index >= 15 is 0 Å². The number of benzene rings is 1. The van der Waals surface area contributed by atoms with Crippen LogP contribution in [0.5, 0.6) is 0 Å². The molecule has 1 aromatic rings. The van der Waals surface area contributed by atoms with Crippen molar-refractivity contribution < 1.29 is 4.79 Å². The van der Waals surface area contributed by atoms with E-state index in [0.717, 1.165) is 30.5 Å². The van der Waals surface area contributed by atoms with Crippen LogP contribution in [0.3, 0.4) is 0 Å². The van der Waals surface area contributed by atoms with Crippen LogP contribution in [0.25, 0.3) is 0 Å². The van der Waals surface area contributed by atoms with E-state index in [1.807, 2.05) is 6.07 Å². The molecule has 1 aliphatic rings. The summed E-state index contributed by atoms with van der Waals surface area (Å²) in [6, 6.07) is 6.37. The van der Waals surface area contributed by atoms with Crippen molar-refractivity contribution in [1.82, 2.24) is 5.32 Å². The van der Waals surface area contributed by atoms with Crippen molar-refractivity contribution in [3.63, 3.8) is 0 Å². The molecule has 0 radical (unpaired) electrons. The quantitative estimate of drug-likeness (QED) is 0.876. The molecule has 106 valence electrons. The zero-order valence-electron chi connectivity index (χ0n) is 11.7. The van der Waals surface area contributed by atoms with E-state index in [-0.39, 0.29) is 5.91 Å². The molecule has 0 bridgehead atoms. The van der Waals surface area contributed by atoms with Crippen LogP contribution in [0, 0.1) is 0 Å². The molecule has 0 spiro atoms. The van der Waals surface area contributed by atoms with Gasteiger partial charge in [-0.3, -0.25) is 4.79 Å². The number of carbonyl (C=O) groups excluding carboxylic acids is 1. The Balaban J connectivity index is 0.000000399. The van der Waals surface area contributed by atoms with Crippen LogP contribution in [0.2, 0.25) is 5.02 Å². The Morgan fingerprint density at radius 2 is 2.00 bits per heavy atom. The van der Waals surface area contributed by atoms with Crippen molar-refractivity contribution in [2.24, 2.45) is 5.73 Å². The molecule has 1 heterocycles. The lowest BCUT2D eigenvalue weighted by Crippen LogP contribution is -2.27. The lowest BCUT2D eigenvalue weighted by Gasteiger charge is -2.25. The van der Waals surface area contributed by atoms with Crippen LogP contribution in [-0.2, 0) is 11.2 Å². The second-order valence-electron chi connectivity index (χ2n) is 4.83. The van der Waals surface area contributed by atoms with E-state index in [1.165, 1.54) is 30.9 Å². The second kappa shape index (κ2) is 8.18. The summed E-state index contributed by atoms with van der Waals surface area (Å²) in [5.41, 5.74) is 7.41. The van der Waals surface area contributed by atoms with Gasteiger partial charge < -0.3 is 11.1 Å². The average molecular weight is 283 g/mol. The van der Waals surface area contributed by atoms with Crippen molar-refractivity contribution in [2.75, 3.05) is 13.1 Å². The molecule has 0 saturated carbocycles. The predicted octanol–water partition coefficient (Wildman–Crippen LogP) is 2.86. The van der Waals surface area contributed by atoms with Crippen LogP contribution in [-0.4, -0.2) is 19.0 Å². The zero-order chi connectivity index (χ0) is 14.3. The van der Waals surface area contributed by atoms with Gasteiger partial charge in [-0.2, -0.15) is 0 Å². The van der Waals surface area contributed by atoms with Gasteiger partial charge in [-0.1, -0.05) is 24.6 Å². The number of nitrogens with one attached hydrogen (secondary N) is 1. The minimum Gasteiger partial charge on any atom is -0.370 e. The molecule has 1 aliphatic heterocycles. The van der Waals surface area contributed by atoms with E-state index in [2.05, 4.69) is 30.1 Å². The van der Waals surface area contributed by atoms with Gasteiger partial charge in [-0.05, 0) is 61.5 Å². The van der Waals surface area contributed by atoms with Crippen LogP contribution in [0.15, 0.2) is 18.2 Å². The van der Waals surface area contributed by atoms with Crippen molar-refractivity contribution in [3.8, 4) is 0 Å². The molecule has 0 atom stereocenters. The number of primary amides is 1. The van der Waals surface area contributed by atoms with E-state index in [9.17, 15) is 4.79 Å². The molecule has 3 N–H and O–H groups in total. The Morgan fingerprint density at radius 1 is 1.42 bits per heavy atom. The fourth-order valence-corrected chi connectivity index (χ4v) is 2.61. The van der Waals surface area contributed by atoms with Crippen molar-refractivity contribution >= 4 is 17.5 Å². The first-order valence-electron chi connectivity index (χ1n) is 6.79. The summed E-state index contributed by atoms with van der Waals surface area (Å²) in [6.07, 6.45) is 3.60. The number of aryl methyl sites for hydroxylation is 1. The molecule has 0 unspecified atom stereocenters. The first-order chi connectivity index (χ1) is 9.04. The van der Waals surface area contributed by atoms with E-state index in [4.69, 9.17) is 11.6 Å². The van der Waals surface area contributed by atoms with Crippen molar-refractivity contribution in [3.05, 3.63) is 34.3 Å². The molecule has 4 heteroatoms. The first kappa shape index (κ1) is 16.0. The molecule has 1 saturated heterocycles. The maximum atomic E-state index is 9.22. The minimum atomic E-state index is -0.333. The number of amides is 1. The highest BCUT2D eigenvalue weighted by atomic mass is 35.5. The van der Waals surface area contributed by atoms with Crippen LogP contribution < -0.4 is 11.1 Å². The largest absolute Gasteiger partial charge is 0.370 e. The SMILES string of the molecule is CC(N)=O.CCc1cc(Cl)ccc1C1CCNCC1. The Hall–Kier alpha value is -1.06. The van der Waals surface area contributed by atoms with Gasteiger partial charge in [-0.25, -0.2) is 0 Å². The van der Waals surface area contributed by atoms with Gasteiger partial charge in [0.1, 0.15) is 0 Å². The Bertz CT molecular complexity index is 411. The number of rotatable bonds is 2. The molecule has 19 heavy (non-hydrogen) atoms. The standard InChI is InChI=1S/C13H18ClN.C2H5NO/c1-2-10-9-12(14)3-4-13(10)11-5-7-15-8-6-11;1-2(3)4/h3-4,9,11,15H,2,5-8H2,1H3;1H3,(H2,3,4). The molecule has 1 amide bonds. The Labute approximate surface area is 120 Å². The van der Waals surface area contributed by atoms with Gasteiger partial charge in [-0.15, -0.1) is 0 Å². The fraction of sp³-hybridized carbons (Fsp3) is 0.533. The van der Waals surface area contributed by atoms with Gasteiger partial charge in [0.25, 0.3) is 0 Å². The van der Waals surface area contributed by atoms with Crippen LogP contribution in [0.1, 0.15) is 43.7 Å². The topological polar surface area (TPSA) is 55.1 Å². The number of hydrogen-bond acceptors (Lipinski definition) is 2. The summed E-state index contributed by atoms with van der Waals surface area (Å²) in [5.74, 6) is 0.401. The molecule has 3 nitrogen and oxygen atoms in total. The Morgan fingerprint density at radius 3 is 2.53 bits per heavy atom. The number of hydrogen-bond donors (Lipinski definition) is 2. The van der Waals surface area contributed by atoms with Gasteiger partial charge in [0.2, 0.25) is 5.91 Å². The summed E-state index contributed by atoms with van der Waals surface area (Å²) in [7, 11) is 0. The van der Waals surface area contributed by atoms with Crippen LogP contribution in [0.4, 0.5) is 0 Å². The molecule has 0 aliphatic carbocycles. The number of piperidine rings is 1. The van der Waals surface area contributed by atoms with Crippen molar-refractivity contribution in [2.45, 2.75) is 39.0 Å². The lowest BCUT2D eigenvalue weighted by molar-refractivity contribution is -0.115. The highest BCUT2D eigenvalue weighted by Crippen LogP contribution is 2.29. The monoisotopic (exact) mass is 282 g/mol.